The third-order valence-electron chi connectivity index (χ3n) is 3.75. The van der Waals surface area contributed by atoms with Crippen molar-refractivity contribution in [3.05, 3.63) is 65.2 Å². The summed E-state index contributed by atoms with van der Waals surface area (Å²) < 4.78 is 5.99. The van der Waals surface area contributed by atoms with Crippen LogP contribution in [0.1, 0.15) is 18.1 Å². The molecule has 1 heteroatoms. The Balaban J connectivity index is 1.96. The van der Waals surface area contributed by atoms with Crippen LogP contribution < -0.4 is 0 Å². The SMILES string of the molecule is CC1=Cc2c(cccc2-c2cc3ccccc3o2)C1. The van der Waals surface area contributed by atoms with Crippen molar-refractivity contribution in [1.29, 1.82) is 0 Å². The second-order valence-corrected chi connectivity index (χ2v) is 5.19. The van der Waals surface area contributed by atoms with Crippen LogP contribution in [-0.4, -0.2) is 0 Å². The van der Waals surface area contributed by atoms with Gasteiger partial charge in [-0.25, -0.2) is 0 Å². The first-order chi connectivity index (χ1) is 9.31. The van der Waals surface area contributed by atoms with Crippen LogP contribution in [0, 0.1) is 0 Å². The summed E-state index contributed by atoms with van der Waals surface area (Å²) in [6, 6.07) is 16.8. The lowest BCUT2D eigenvalue weighted by atomic mass is 10.0. The molecule has 1 aliphatic carbocycles. The third-order valence-corrected chi connectivity index (χ3v) is 3.75. The molecule has 0 amide bonds. The highest BCUT2D eigenvalue weighted by molar-refractivity contribution is 5.86. The van der Waals surface area contributed by atoms with Gasteiger partial charge < -0.3 is 4.42 Å². The number of fused-ring (bicyclic) bond motifs is 2. The van der Waals surface area contributed by atoms with E-state index in [2.05, 4.69) is 43.3 Å². The largest absolute Gasteiger partial charge is 0.456 e. The highest BCUT2D eigenvalue weighted by atomic mass is 16.3. The van der Waals surface area contributed by atoms with Crippen molar-refractivity contribution < 1.29 is 4.42 Å². The molecule has 1 heterocycles. The van der Waals surface area contributed by atoms with Crippen molar-refractivity contribution in [2.75, 3.05) is 0 Å². The zero-order valence-electron chi connectivity index (χ0n) is 10.8. The van der Waals surface area contributed by atoms with Crippen LogP contribution in [0.5, 0.6) is 0 Å². The maximum absolute atomic E-state index is 5.99. The minimum absolute atomic E-state index is 0.953. The monoisotopic (exact) mass is 246 g/mol. The lowest BCUT2D eigenvalue weighted by molar-refractivity contribution is 0.631. The van der Waals surface area contributed by atoms with Crippen LogP contribution in [0.4, 0.5) is 0 Å². The van der Waals surface area contributed by atoms with Crippen LogP contribution in [-0.2, 0) is 6.42 Å². The average Bonchev–Trinajstić information content (AvgIpc) is 2.99. The first-order valence-corrected chi connectivity index (χ1v) is 6.59. The summed E-state index contributed by atoms with van der Waals surface area (Å²) >= 11 is 0. The van der Waals surface area contributed by atoms with Gasteiger partial charge >= 0.3 is 0 Å². The Labute approximate surface area is 112 Å². The maximum atomic E-state index is 5.99. The number of hydrogen-bond donors (Lipinski definition) is 0. The molecule has 3 aromatic rings. The van der Waals surface area contributed by atoms with Gasteiger partial charge in [-0.05, 0) is 36.6 Å². The minimum Gasteiger partial charge on any atom is -0.456 e. The Morgan fingerprint density at radius 3 is 2.79 bits per heavy atom. The molecule has 4 rings (SSSR count). The molecule has 0 bridgehead atoms. The number of para-hydroxylation sites is 1. The van der Waals surface area contributed by atoms with Gasteiger partial charge in [0.1, 0.15) is 11.3 Å². The Morgan fingerprint density at radius 2 is 1.89 bits per heavy atom. The molecule has 0 saturated heterocycles. The van der Waals surface area contributed by atoms with Gasteiger partial charge in [-0.1, -0.05) is 48.0 Å². The molecule has 0 aliphatic heterocycles. The maximum Gasteiger partial charge on any atom is 0.136 e. The second-order valence-electron chi connectivity index (χ2n) is 5.19. The third kappa shape index (κ3) is 1.62. The standard InChI is InChI=1S/C18H14O/c1-12-9-13-6-4-7-15(16(13)10-12)18-11-14-5-2-3-8-17(14)19-18/h2-8,10-11H,9H2,1H3. The topological polar surface area (TPSA) is 13.1 Å². The Morgan fingerprint density at radius 1 is 1.00 bits per heavy atom. The fraction of sp³-hybridized carbons (Fsp3) is 0.111. The van der Waals surface area contributed by atoms with Crippen molar-refractivity contribution >= 4 is 17.0 Å². The van der Waals surface area contributed by atoms with E-state index in [4.69, 9.17) is 4.42 Å². The summed E-state index contributed by atoms with van der Waals surface area (Å²) in [5, 5.41) is 1.16. The van der Waals surface area contributed by atoms with Crippen LogP contribution >= 0.6 is 0 Å². The summed E-state index contributed by atoms with van der Waals surface area (Å²) in [5.74, 6) is 0.962. The average molecular weight is 246 g/mol. The molecular formula is C18H14O. The highest BCUT2D eigenvalue weighted by Crippen LogP contribution is 2.36. The molecule has 0 radical (unpaired) electrons. The van der Waals surface area contributed by atoms with Crippen molar-refractivity contribution in [3.8, 4) is 11.3 Å². The first kappa shape index (κ1) is 10.6. The van der Waals surface area contributed by atoms with E-state index in [0.29, 0.717) is 0 Å². The minimum atomic E-state index is 0.953. The lowest BCUT2D eigenvalue weighted by Gasteiger charge is -2.04. The Kier molecular flexibility index (Phi) is 2.16. The van der Waals surface area contributed by atoms with Crippen molar-refractivity contribution in [1.82, 2.24) is 0 Å². The summed E-state index contributed by atoms with van der Waals surface area (Å²) in [6.45, 7) is 2.18. The Bertz CT molecular complexity index is 772. The van der Waals surface area contributed by atoms with E-state index < -0.39 is 0 Å². The molecule has 0 saturated carbocycles. The number of allylic oxidation sites excluding steroid dienone is 1. The van der Waals surface area contributed by atoms with E-state index in [0.717, 1.165) is 23.2 Å². The van der Waals surface area contributed by atoms with Gasteiger partial charge in [0.05, 0.1) is 0 Å². The number of furan rings is 1. The predicted octanol–water partition coefficient (Wildman–Crippen LogP) is 5.06. The zero-order chi connectivity index (χ0) is 12.8. The second kappa shape index (κ2) is 3.86. The molecule has 0 unspecified atom stereocenters. The summed E-state index contributed by atoms with van der Waals surface area (Å²) in [4.78, 5) is 0. The normalized spacial score (nSPS) is 13.6. The van der Waals surface area contributed by atoms with Crippen LogP contribution in [0.2, 0.25) is 0 Å². The summed E-state index contributed by atoms with van der Waals surface area (Å²) in [7, 11) is 0. The zero-order valence-corrected chi connectivity index (χ0v) is 10.8. The van der Waals surface area contributed by atoms with E-state index in [1.807, 2.05) is 18.2 Å². The van der Waals surface area contributed by atoms with Gasteiger partial charge in [-0.15, -0.1) is 0 Å². The number of rotatable bonds is 1. The Hall–Kier alpha value is -2.28. The number of benzene rings is 2. The predicted molar refractivity (Wildman–Crippen MR) is 79.0 cm³/mol. The van der Waals surface area contributed by atoms with E-state index in [9.17, 15) is 0 Å². The van der Waals surface area contributed by atoms with E-state index >= 15 is 0 Å². The van der Waals surface area contributed by atoms with Crippen LogP contribution in [0.25, 0.3) is 28.4 Å². The smallest absolute Gasteiger partial charge is 0.136 e. The molecule has 0 spiro atoms. The lowest BCUT2D eigenvalue weighted by Crippen LogP contribution is -1.85. The van der Waals surface area contributed by atoms with Crippen molar-refractivity contribution in [3.63, 3.8) is 0 Å². The molecule has 1 aromatic heterocycles. The van der Waals surface area contributed by atoms with Gasteiger partial charge in [-0.3, -0.25) is 0 Å². The van der Waals surface area contributed by atoms with Gasteiger partial charge in [0.2, 0.25) is 0 Å². The molecule has 19 heavy (non-hydrogen) atoms. The van der Waals surface area contributed by atoms with Gasteiger partial charge in [0.15, 0.2) is 0 Å². The van der Waals surface area contributed by atoms with E-state index in [1.54, 1.807) is 0 Å². The first-order valence-electron chi connectivity index (χ1n) is 6.59. The molecule has 1 aliphatic rings. The molecule has 2 aromatic carbocycles. The molecular weight excluding hydrogens is 232 g/mol. The quantitative estimate of drug-likeness (QED) is 0.585. The van der Waals surface area contributed by atoms with Crippen LogP contribution in [0.3, 0.4) is 0 Å². The molecule has 0 fully saturated rings. The summed E-state index contributed by atoms with van der Waals surface area (Å²) in [5.41, 5.74) is 6.28. The van der Waals surface area contributed by atoms with Gasteiger partial charge in [0.25, 0.3) is 0 Å². The van der Waals surface area contributed by atoms with Crippen molar-refractivity contribution in [2.24, 2.45) is 0 Å². The molecule has 0 atom stereocenters. The van der Waals surface area contributed by atoms with Crippen LogP contribution in [0.15, 0.2) is 58.5 Å². The van der Waals surface area contributed by atoms with Gasteiger partial charge in [-0.2, -0.15) is 0 Å². The summed E-state index contributed by atoms with van der Waals surface area (Å²) in [6.07, 6.45) is 3.33. The fourth-order valence-electron chi connectivity index (χ4n) is 2.86. The van der Waals surface area contributed by atoms with Gasteiger partial charge in [0, 0.05) is 10.9 Å². The molecule has 0 N–H and O–H groups in total. The number of hydrogen-bond acceptors (Lipinski definition) is 1. The molecule has 92 valence electrons. The fourth-order valence-corrected chi connectivity index (χ4v) is 2.86. The van der Waals surface area contributed by atoms with E-state index in [-0.39, 0.29) is 0 Å². The van der Waals surface area contributed by atoms with E-state index in [1.165, 1.54) is 22.3 Å². The molecule has 1 nitrogen and oxygen atoms in total. The van der Waals surface area contributed by atoms with Crippen molar-refractivity contribution in [2.45, 2.75) is 13.3 Å². The highest BCUT2D eigenvalue weighted by Gasteiger charge is 2.16.